The van der Waals surface area contributed by atoms with Gasteiger partial charge in [0, 0.05) is 0 Å². The van der Waals surface area contributed by atoms with E-state index in [-0.39, 0.29) is 6.61 Å². The van der Waals surface area contributed by atoms with Gasteiger partial charge < -0.3 is 24.8 Å². The van der Waals surface area contributed by atoms with Crippen molar-refractivity contribution in [3.8, 4) is 5.75 Å². The molecule has 0 unspecified atom stereocenters. The van der Waals surface area contributed by atoms with Crippen LogP contribution < -0.4 is 4.74 Å². The van der Waals surface area contributed by atoms with Crippen molar-refractivity contribution in [3.05, 3.63) is 48.7 Å². The molecule has 9 nitrogen and oxygen atoms in total. The molecular formula is C17H18N4O5. The van der Waals surface area contributed by atoms with Gasteiger partial charge in [-0.3, -0.25) is 4.57 Å². The first-order chi connectivity index (χ1) is 12.7. The van der Waals surface area contributed by atoms with Gasteiger partial charge in [0.15, 0.2) is 11.9 Å². The van der Waals surface area contributed by atoms with E-state index in [2.05, 4.69) is 15.0 Å². The zero-order valence-corrected chi connectivity index (χ0v) is 13.7. The molecule has 3 heterocycles. The minimum Gasteiger partial charge on any atom is -0.487 e. The zero-order chi connectivity index (χ0) is 18.1. The van der Waals surface area contributed by atoms with Crippen LogP contribution in [0.25, 0.3) is 11.2 Å². The van der Waals surface area contributed by atoms with E-state index in [0.29, 0.717) is 22.6 Å². The van der Waals surface area contributed by atoms with Crippen LogP contribution in [-0.2, 0) is 11.3 Å². The average molecular weight is 358 g/mol. The summed E-state index contributed by atoms with van der Waals surface area (Å²) in [5, 5.41) is 29.4. The van der Waals surface area contributed by atoms with Gasteiger partial charge in [0.25, 0.3) is 0 Å². The van der Waals surface area contributed by atoms with E-state index in [1.165, 1.54) is 17.2 Å². The summed E-state index contributed by atoms with van der Waals surface area (Å²) in [6, 6.07) is 9.34. The highest BCUT2D eigenvalue weighted by Crippen LogP contribution is 2.31. The largest absolute Gasteiger partial charge is 0.487 e. The average Bonchev–Trinajstić information content (AvgIpc) is 3.23. The Hall–Kier alpha value is -2.59. The maximum Gasteiger partial charge on any atom is 0.165 e. The fourth-order valence-corrected chi connectivity index (χ4v) is 2.97. The van der Waals surface area contributed by atoms with Crippen LogP contribution >= 0.6 is 0 Å². The van der Waals surface area contributed by atoms with Crippen LogP contribution in [0.1, 0.15) is 11.9 Å². The number of imidazole rings is 1. The fourth-order valence-electron chi connectivity index (χ4n) is 2.97. The predicted molar refractivity (Wildman–Crippen MR) is 89.1 cm³/mol. The molecular weight excluding hydrogens is 340 g/mol. The lowest BCUT2D eigenvalue weighted by Crippen LogP contribution is -2.33. The lowest BCUT2D eigenvalue weighted by Gasteiger charge is -2.16. The summed E-state index contributed by atoms with van der Waals surface area (Å²) in [6.07, 6.45) is -1.31. The Labute approximate surface area is 148 Å². The molecule has 4 rings (SSSR count). The van der Waals surface area contributed by atoms with Crippen molar-refractivity contribution < 1.29 is 24.8 Å². The van der Waals surface area contributed by atoms with Gasteiger partial charge in [-0.25, -0.2) is 15.0 Å². The minimum atomic E-state index is -1.21. The van der Waals surface area contributed by atoms with Gasteiger partial charge in [-0.05, 0) is 12.1 Å². The normalized spacial score (nSPS) is 25.7. The Morgan fingerprint density at radius 2 is 1.88 bits per heavy atom. The summed E-state index contributed by atoms with van der Waals surface area (Å²) in [7, 11) is 0. The number of benzene rings is 1. The SMILES string of the molecule is OC[C@H]1O[C@@H](n2cnc3c(COc4ccccc4)ncnc32)[C@H](O)[C@@H]1O. The molecule has 0 bridgehead atoms. The maximum absolute atomic E-state index is 10.2. The summed E-state index contributed by atoms with van der Waals surface area (Å²) in [5.74, 6) is 0.710. The summed E-state index contributed by atoms with van der Waals surface area (Å²) in [5.41, 5.74) is 1.55. The van der Waals surface area contributed by atoms with Gasteiger partial charge in [-0.2, -0.15) is 0 Å². The molecule has 3 N–H and O–H groups in total. The number of hydrogen-bond donors (Lipinski definition) is 3. The second-order valence-corrected chi connectivity index (χ2v) is 5.98. The van der Waals surface area contributed by atoms with Crippen LogP contribution in [0, 0.1) is 0 Å². The van der Waals surface area contributed by atoms with E-state index in [1.54, 1.807) is 0 Å². The fraction of sp³-hybridized carbons (Fsp3) is 0.353. The van der Waals surface area contributed by atoms with E-state index in [1.807, 2.05) is 30.3 Å². The number of aliphatic hydroxyl groups excluding tert-OH is 3. The molecule has 9 heteroatoms. The molecule has 3 aromatic rings. The minimum absolute atomic E-state index is 0.204. The van der Waals surface area contributed by atoms with Crippen molar-refractivity contribution in [1.29, 1.82) is 0 Å². The highest BCUT2D eigenvalue weighted by atomic mass is 16.6. The van der Waals surface area contributed by atoms with Crippen LogP contribution in [0.15, 0.2) is 43.0 Å². The Bertz CT molecular complexity index is 887. The number of aliphatic hydroxyl groups is 3. The Balaban J connectivity index is 1.61. The Kier molecular flexibility index (Phi) is 4.51. The van der Waals surface area contributed by atoms with Crippen LogP contribution in [0.5, 0.6) is 5.75 Å². The molecule has 0 amide bonds. The molecule has 0 saturated carbocycles. The molecule has 26 heavy (non-hydrogen) atoms. The van der Waals surface area contributed by atoms with Gasteiger partial charge in [-0.1, -0.05) is 18.2 Å². The van der Waals surface area contributed by atoms with Crippen LogP contribution in [-0.4, -0.2) is 59.8 Å². The number of nitrogens with zero attached hydrogens (tertiary/aromatic N) is 4. The van der Waals surface area contributed by atoms with E-state index >= 15 is 0 Å². The molecule has 4 atom stereocenters. The second kappa shape index (κ2) is 6.96. The van der Waals surface area contributed by atoms with Gasteiger partial charge >= 0.3 is 0 Å². The van der Waals surface area contributed by atoms with E-state index < -0.39 is 31.1 Å². The van der Waals surface area contributed by atoms with Crippen molar-refractivity contribution >= 4 is 11.2 Å². The smallest absolute Gasteiger partial charge is 0.165 e. The molecule has 0 aliphatic carbocycles. The highest BCUT2D eigenvalue weighted by Gasteiger charge is 2.44. The van der Waals surface area contributed by atoms with Crippen LogP contribution in [0.4, 0.5) is 0 Å². The molecule has 1 fully saturated rings. The Morgan fingerprint density at radius 1 is 1.08 bits per heavy atom. The molecule has 1 aliphatic rings. The molecule has 2 aromatic heterocycles. The number of ether oxygens (including phenoxy) is 2. The third-order valence-electron chi connectivity index (χ3n) is 4.34. The Morgan fingerprint density at radius 3 is 2.62 bits per heavy atom. The molecule has 1 aromatic carbocycles. The lowest BCUT2D eigenvalue weighted by atomic mass is 10.1. The second-order valence-electron chi connectivity index (χ2n) is 5.98. The molecule has 1 saturated heterocycles. The van der Waals surface area contributed by atoms with E-state index in [0.717, 1.165) is 0 Å². The van der Waals surface area contributed by atoms with Crippen molar-refractivity contribution in [3.63, 3.8) is 0 Å². The third-order valence-corrected chi connectivity index (χ3v) is 4.34. The monoisotopic (exact) mass is 358 g/mol. The molecule has 1 aliphatic heterocycles. The van der Waals surface area contributed by atoms with Gasteiger partial charge in [-0.15, -0.1) is 0 Å². The van der Waals surface area contributed by atoms with E-state index in [4.69, 9.17) is 9.47 Å². The van der Waals surface area contributed by atoms with Gasteiger partial charge in [0.05, 0.1) is 12.9 Å². The number of hydrogen-bond acceptors (Lipinski definition) is 8. The molecule has 136 valence electrons. The van der Waals surface area contributed by atoms with E-state index in [9.17, 15) is 15.3 Å². The highest BCUT2D eigenvalue weighted by molar-refractivity contribution is 5.73. The van der Waals surface area contributed by atoms with Crippen LogP contribution in [0.2, 0.25) is 0 Å². The van der Waals surface area contributed by atoms with Crippen molar-refractivity contribution in [2.75, 3.05) is 6.61 Å². The number of fused-ring (bicyclic) bond motifs is 1. The first-order valence-electron chi connectivity index (χ1n) is 8.15. The van der Waals surface area contributed by atoms with Crippen molar-refractivity contribution in [2.24, 2.45) is 0 Å². The van der Waals surface area contributed by atoms with Gasteiger partial charge in [0.1, 0.15) is 48.2 Å². The lowest BCUT2D eigenvalue weighted by molar-refractivity contribution is -0.0511. The first-order valence-corrected chi connectivity index (χ1v) is 8.15. The van der Waals surface area contributed by atoms with Crippen LogP contribution in [0.3, 0.4) is 0 Å². The third kappa shape index (κ3) is 2.90. The summed E-state index contributed by atoms with van der Waals surface area (Å²) >= 11 is 0. The number of para-hydroxylation sites is 1. The quantitative estimate of drug-likeness (QED) is 0.583. The summed E-state index contributed by atoms with van der Waals surface area (Å²) in [4.78, 5) is 12.7. The van der Waals surface area contributed by atoms with Crippen molar-refractivity contribution in [1.82, 2.24) is 19.5 Å². The standard InChI is InChI=1S/C17H18N4O5/c22-6-12-14(23)15(24)17(26-12)21-9-20-13-11(18-8-19-16(13)21)7-25-10-4-2-1-3-5-10/h1-5,8-9,12,14-15,17,22-24H,6-7H2/t12-,14-,15-,17-/m1/s1. The predicted octanol–water partition coefficient (Wildman–Crippen LogP) is 0.0168. The first kappa shape index (κ1) is 16.9. The number of rotatable bonds is 5. The molecule has 0 radical (unpaired) electrons. The number of aromatic nitrogens is 4. The summed E-state index contributed by atoms with van der Waals surface area (Å²) in [6.45, 7) is -0.192. The maximum atomic E-state index is 10.2. The zero-order valence-electron chi connectivity index (χ0n) is 13.7. The summed E-state index contributed by atoms with van der Waals surface area (Å²) < 4.78 is 12.8. The molecule has 0 spiro atoms. The van der Waals surface area contributed by atoms with Gasteiger partial charge in [0.2, 0.25) is 0 Å². The van der Waals surface area contributed by atoms with Crippen molar-refractivity contribution in [2.45, 2.75) is 31.1 Å². The topological polar surface area (TPSA) is 123 Å².